The number of nitrogens with one attached hydrogen (secondary N) is 2. The summed E-state index contributed by atoms with van der Waals surface area (Å²) in [5.41, 5.74) is 2.04. The van der Waals surface area contributed by atoms with E-state index in [0.29, 0.717) is 40.4 Å². The van der Waals surface area contributed by atoms with Gasteiger partial charge in [0.05, 0.1) is 11.4 Å². The number of benzene rings is 2. The molecule has 0 aromatic heterocycles. The lowest BCUT2D eigenvalue weighted by Gasteiger charge is -2.31. The Morgan fingerprint density at radius 3 is 2.74 bits per heavy atom. The van der Waals surface area contributed by atoms with Gasteiger partial charge in [-0.2, -0.15) is 4.99 Å². The van der Waals surface area contributed by atoms with Crippen molar-refractivity contribution in [3.05, 3.63) is 59.1 Å². The number of aliphatic imine (C=N–C) groups is 2. The van der Waals surface area contributed by atoms with Crippen LogP contribution in [0.15, 0.2) is 58.5 Å². The molecule has 10 heteroatoms. The van der Waals surface area contributed by atoms with E-state index in [1.807, 2.05) is 24.3 Å². The van der Waals surface area contributed by atoms with Crippen LogP contribution >= 0.6 is 23.4 Å². The zero-order chi connectivity index (χ0) is 24.8. The number of amidine groups is 2. The van der Waals surface area contributed by atoms with Crippen LogP contribution in [0.2, 0.25) is 5.02 Å². The average molecular weight is 512 g/mol. The Morgan fingerprint density at radius 1 is 1.11 bits per heavy atom. The van der Waals surface area contributed by atoms with E-state index in [9.17, 15) is 14.4 Å². The van der Waals surface area contributed by atoms with E-state index in [0.717, 1.165) is 18.4 Å². The summed E-state index contributed by atoms with van der Waals surface area (Å²) in [7, 11) is 0. The van der Waals surface area contributed by atoms with Crippen molar-refractivity contribution in [2.45, 2.75) is 38.6 Å². The molecule has 1 atom stereocenters. The van der Waals surface area contributed by atoms with E-state index in [2.05, 4.69) is 22.5 Å². The predicted molar refractivity (Wildman–Crippen MR) is 140 cm³/mol. The summed E-state index contributed by atoms with van der Waals surface area (Å²) in [6.07, 6.45) is 2.41. The quantitative estimate of drug-likeness (QED) is 0.487. The number of hydrogen-bond donors (Lipinski definition) is 2. The minimum atomic E-state index is -0.641. The lowest BCUT2D eigenvalue weighted by Crippen LogP contribution is -2.44. The molecule has 2 aliphatic heterocycles. The molecule has 1 unspecified atom stereocenters. The van der Waals surface area contributed by atoms with Crippen molar-refractivity contribution in [2.24, 2.45) is 9.98 Å². The van der Waals surface area contributed by atoms with E-state index in [-0.39, 0.29) is 29.9 Å². The van der Waals surface area contributed by atoms with Crippen molar-refractivity contribution in [3.63, 3.8) is 0 Å². The van der Waals surface area contributed by atoms with Crippen LogP contribution in [0.5, 0.6) is 0 Å². The monoisotopic (exact) mass is 511 g/mol. The van der Waals surface area contributed by atoms with Gasteiger partial charge in [0.25, 0.3) is 5.91 Å². The molecule has 3 amide bonds. The number of thioether (sulfide) groups is 1. The van der Waals surface area contributed by atoms with Crippen LogP contribution in [0.3, 0.4) is 0 Å². The van der Waals surface area contributed by atoms with Crippen LogP contribution in [0.25, 0.3) is 0 Å². The van der Waals surface area contributed by atoms with Crippen LogP contribution < -0.4 is 10.6 Å². The van der Waals surface area contributed by atoms with Crippen LogP contribution in [0.4, 0.5) is 11.4 Å². The zero-order valence-electron chi connectivity index (χ0n) is 19.3. The number of para-hydroxylation sites is 1. The molecule has 35 heavy (non-hydrogen) atoms. The topological polar surface area (TPSA) is 103 Å². The average Bonchev–Trinajstić information content (AvgIpc) is 3.17. The minimum absolute atomic E-state index is 0.0791. The fourth-order valence-electron chi connectivity index (χ4n) is 3.83. The maximum absolute atomic E-state index is 12.9. The molecular formula is C25H26ClN5O3S. The third-order valence-electron chi connectivity index (χ3n) is 5.55. The molecule has 0 saturated heterocycles. The number of nitrogens with zero attached hydrogens (tertiary/aromatic N) is 3. The molecule has 0 bridgehead atoms. The second-order valence-corrected chi connectivity index (χ2v) is 9.54. The zero-order valence-corrected chi connectivity index (χ0v) is 20.9. The van der Waals surface area contributed by atoms with E-state index in [1.165, 1.54) is 11.8 Å². The maximum Gasteiger partial charge on any atom is 0.270 e. The fraction of sp³-hybridized carbons (Fsp3) is 0.320. The van der Waals surface area contributed by atoms with Gasteiger partial charge in [0, 0.05) is 29.2 Å². The van der Waals surface area contributed by atoms with Gasteiger partial charge in [-0.3, -0.25) is 19.3 Å². The Hall–Kier alpha value is -3.17. The van der Waals surface area contributed by atoms with Gasteiger partial charge in [0.2, 0.25) is 11.8 Å². The van der Waals surface area contributed by atoms with E-state index < -0.39 is 6.04 Å². The highest BCUT2D eigenvalue weighted by Gasteiger charge is 2.41. The molecule has 2 N–H and O–H groups in total. The number of anilines is 1. The standard InChI is InChI=1S/C25H26ClN5O3S/c1-2-3-13-27-21(32)12-11-20-24(34)30-23-18-9-4-5-10-19(18)29-25(31(20)23)35-15-22(33)28-17-8-6-7-16(26)14-17/h4-10,14,20H,2-3,11-13,15H2,1H3,(H,27,32)(H,28,33). The third kappa shape index (κ3) is 6.10. The molecule has 2 aromatic carbocycles. The first-order valence-corrected chi connectivity index (χ1v) is 12.9. The van der Waals surface area contributed by atoms with Gasteiger partial charge in [-0.15, -0.1) is 0 Å². The smallest absolute Gasteiger partial charge is 0.270 e. The lowest BCUT2D eigenvalue weighted by atomic mass is 10.1. The number of unbranched alkanes of at least 4 members (excludes halogenated alkanes) is 1. The highest BCUT2D eigenvalue weighted by atomic mass is 35.5. The van der Waals surface area contributed by atoms with Gasteiger partial charge in [-0.1, -0.05) is 54.9 Å². The van der Waals surface area contributed by atoms with Crippen molar-refractivity contribution >= 4 is 63.5 Å². The van der Waals surface area contributed by atoms with Crippen LogP contribution in [-0.2, 0) is 14.4 Å². The Morgan fingerprint density at radius 2 is 1.94 bits per heavy atom. The molecule has 0 saturated carbocycles. The Kier molecular flexibility index (Phi) is 8.20. The predicted octanol–water partition coefficient (Wildman–Crippen LogP) is 4.37. The molecule has 2 heterocycles. The van der Waals surface area contributed by atoms with Crippen LogP contribution in [0, 0.1) is 0 Å². The lowest BCUT2D eigenvalue weighted by molar-refractivity contribution is -0.122. The SMILES string of the molecule is CCCCNC(=O)CCC1C(=O)N=C2c3ccccc3N=C(SCC(=O)Nc3cccc(Cl)c3)N21. The first-order chi connectivity index (χ1) is 17.0. The van der Waals surface area contributed by atoms with Gasteiger partial charge >= 0.3 is 0 Å². The molecular weight excluding hydrogens is 486 g/mol. The molecule has 0 aliphatic carbocycles. The second-order valence-electron chi connectivity index (χ2n) is 8.16. The van der Waals surface area contributed by atoms with Gasteiger partial charge < -0.3 is 10.6 Å². The summed E-state index contributed by atoms with van der Waals surface area (Å²) in [6.45, 7) is 2.68. The van der Waals surface area contributed by atoms with Crippen molar-refractivity contribution in [3.8, 4) is 0 Å². The van der Waals surface area contributed by atoms with Gasteiger partial charge in [0.1, 0.15) is 11.9 Å². The van der Waals surface area contributed by atoms with Crippen molar-refractivity contribution < 1.29 is 14.4 Å². The minimum Gasteiger partial charge on any atom is -0.356 e. The number of fused-ring (bicyclic) bond motifs is 3. The van der Waals surface area contributed by atoms with Gasteiger partial charge in [-0.05, 0) is 43.2 Å². The molecule has 0 fully saturated rings. The molecule has 2 aliphatic rings. The van der Waals surface area contributed by atoms with Gasteiger partial charge in [0.15, 0.2) is 5.17 Å². The number of halogens is 1. The van der Waals surface area contributed by atoms with E-state index in [4.69, 9.17) is 16.6 Å². The fourth-order valence-corrected chi connectivity index (χ4v) is 4.87. The number of rotatable bonds is 9. The van der Waals surface area contributed by atoms with Crippen molar-refractivity contribution in [2.75, 3.05) is 17.6 Å². The summed E-state index contributed by atoms with van der Waals surface area (Å²) < 4.78 is 0. The molecule has 4 rings (SSSR count). The molecule has 0 radical (unpaired) electrons. The Balaban J connectivity index is 1.48. The van der Waals surface area contributed by atoms with Crippen molar-refractivity contribution in [1.29, 1.82) is 0 Å². The van der Waals surface area contributed by atoms with E-state index in [1.54, 1.807) is 29.2 Å². The summed E-state index contributed by atoms with van der Waals surface area (Å²) >= 11 is 7.22. The van der Waals surface area contributed by atoms with Crippen molar-refractivity contribution in [1.82, 2.24) is 10.2 Å². The van der Waals surface area contributed by atoms with Crippen LogP contribution in [-0.4, -0.2) is 52.0 Å². The molecule has 182 valence electrons. The number of amides is 3. The number of hydrogen-bond acceptors (Lipinski definition) is 6. The van der Waals surface area contributed by atoms with Crippen LogP contribution in [0.1, 0.15) is 38.2 Å². The second kappa shape index (κ2) is 11.5. The van der Waals surface area contributed by atoms with Gasteiger partial charge in [-0.25, -0.2) is 4.99 Å². The maximum atomic E-state index is 12.9. The molecule has 2 aromatic rings. The summed E-state index contributed by atoms with van der Waals surface area (Å²) in [5.74, 6) is -0.0428. The normalized spacial score (nSPS) is 16.2. The first-order valence-electron chi connectivity index (χ1n) is 11.5. The largest absolute Gasteiger partial charge is 0.356 e. The molecule has 8 nitrogen and oxygen atoms in total. The first kappa shape index (κ1) is 24.9. The highest BCUT2D eigenvalue weighted by Crippen LogP contribution is 2.35. The van der Waals surface area contributed by atoms with E-state index >= 15 is 0 Å². The number of carbonyl (C=O) groups is 3. The summed E-state index contributed by atoms with van der Waals surface area (Å²) in [4.78, 5) is 48.5. The highest BCUT2D eigenvalue weighted by molar-refractivity contribution is 8.14. The molecule has 0 spiro atoms. The Labute approximate surface area is 213 Å². The summed E-state index contributed by atoms with van der Waals surface area (Å²) in [5, 5.41) is 6.74. The third-order valence-corrected chi connectivity index (χ3v) is 6.73. The number of carbonyl (C=O) groups excluding carboxylic acids is 3. The summed E-state index contributed by atoms with van der Waals surface area (Å²) in [6, 6.07) is 13.7. The Bertz CT molecular complexity index is 1200.